The van der Waals surface area contributed by atoms with Gasteiger partial charge in [0.1, 0.15) is 0 Å². The third kappa shape index (κ3) is 4.14. The van der Waals surface area contributed by atoms with Crippen LogP contribution in [0.2, 0.25) is 0 Å². The molecule has 2 heterocycles. The Morgan fingerprint density at radius 3 is 2.67 bits per heavy atom. The molecule has 0 aliphatic heterocycles. The average molecular weight is 369 g/mol. The minimum Gasteiger partial charge on any atom is -0.493 e. The molecule has 0 atom stereocenters. The first-order valence-electron chi connectivity index (χ1n) is 8.21. The largest absolute Gasteiger partial charge is 0.493 e. The third-order valence-electron chi connectivity index (χ3n) is 3.85. The van der Waals surface area contributed by atoms with Gasteiger partial charge < -0.3 is 14.8 Å². The Morgan fingerprint density at radius 1 is 1.15 bits per heavy atom. The van der Waals surface area contributed by atoms with Crippen LogP contribution in [-0.2, 0) is 6.54 Å². The van der Waals surface area contributed by atoms with Crippen LogP contribution in [-0.4, -0.2) is 46.2 Å². The molecule has 0 spiro atoms. The summed E-state index contributed by atoms with van der Waals surface area (Å²) >= 11 is 0. The molecule has 2 aromatic heterocycles. The molecule has 9 nitrogen and oxygen atoms in total. The van der Waals surface area contributed by atoms with E-state index < -0.39 is 0 Å². The lowest BCUT2D eigenvalue weighted by Crippen LogP contribution is -2.32. The van der Waals surface area contributed by atoms with Crippen molar-refractivity contribution in [2.45, 2.75) is 6.54 Å². The molecule has 3 aromatic rings. The zero-order chi connectivity index (χ0) is 19.2. The molecule has 0 saturated carbocycles. The van der Waals surface area contributed by atoms with Crippen molar-refractivity contribution in [2.75, 3.05) is 20.8 Å². The fraction of sp³-hybridized carbons (Fsp3) is 0.222. The van der Waals surface area contributed by atoms with Gasteiger partial charge in [0.15, 0.2) is 17.3 Å². The van der Waals surface area contributed by atoms with Crippen molar-refractivity contribution in [1.29, 1.82) is 0 Å². The molecule has 1 amide bonds. The number of ether oxygens (including phenoxy) is 2. The van der Waals surface area contributed by atoms with Crippen molar-refractivity contribution >= 4 is 5.91 Å². The van der Waals surface area contributed by atoms with E-state index in [0.717, 1.165) is 0 Å². The van der Waals surface area contributed by atoms with Gasteiger partial charge in [-0.15, -0.1) is 5.10 Å². The molecular weight excluding hydrogens is 350 g/mol. The standard InChI is InChI=1S/C18H19N5O4/c1-26-14-5-4-13(12-15(14)27-2)18(25)19-9-11-23-17(24)7-6-16(21-23)22-10-3-8-20-22/h3-8,10,12H,9,11H2,1-2H3,(H,19,25). The zero-order valence-electron chi connectivity index (χ0n) is 15.0. The van der Waals surface area contributed by atoms with Gasteiger partial charge >= 0.3 is 0 Å². The number of methoxy groups -OCH3 is 2. The van der Waals surface area contributed by atoms with Crippen molar-refractivity contribution in [1.82, 2.24) is 24.9 Å². The molecule has 9 heteroatoms. The third-order valence-corrected chi connectivity index (χ3v) is 3.85. The molecule has 0 fully saturated rings. The Labute approximate surface area is 155 Å². The maximum Gasteiger partial charge on any atom is 0.266 e. The highest BCUT2D eigenvalue weighted by molar-refractivity contribution is 5.94. The second kappa shape index (κ2) is 8.17. The van der Waals surface area contributed by atoms with E-state index in [1.54, 1.807) is 47.4 Å². The van der Waals surface area contributed by atoms with Crippen LogP contribution < -0.4 is 20.3 Å². The van der Waals surface area contributed by atoms with Crippen LogP contribution in [0, 0.1) is 0 Å². The van der Waals surface area contributed by atoms with E-state index in [0.29, 0.717) is 22.9 Å². The maximum absolute atomic E-state index is 12.3. The molecule has 3 rings (SSSR count). The summed E-state index contributed by atoms with van der Waals surface area (Å²) in [6, 6.07) is 9.67. The summed E-state index contributed by atoms with van der Waals surface area (Å²) in [7, 11) is 3.03. The van der Waals surface area contributed by atoms with Crippen molar-refractivity contribution < 1.29 is 14.3 Å². The van der Waals surface area contributed by atoms with Gasteiger partial charge in [-0.25, -0.2) is 9.36 Å². The van der Waals surface area contributed by atoms with Gasteiger partial charge in [0, 0.05) is 30.6 Å². The van der Waals surface area contributed by atoms with Crippen LogP contribution in [0.15, 0.2) is 53.6 Å². The summed E-state index contributed by atoms with van der Waals surface area (Å²) in [6.07, 6.45) is 3.36. The quantitative estimate of drug-likeness (QED) is 0.663. The minimum absolute atomic E-state index is 0.229. The maximum atomic E-state index is 12.3. The number of benzene rings is 1. The monoisotopic (exact) mass is 369 g/mol. The van der Waals surface area contributed by atoms with E-state index in [9.17, 15) is 9.59 Å². The van der Waals surface area contributed by atoms with Gasteiger partial charge in [-0.1, -0.05) is 0 Å². The predicted octanol–water partition coefficient (Wildman–Crippen LogP) is 0.876. The fourth-order valence-corrected chi connectivity index (χ4v) is 2.48. The minimum atomic E-state index is -0.285. The summed E-state index contributed by atoms with van der Waals surface area (Å²) < 4.78 is 13.2. The highest BCUT2D eigenvalue weighted by atomic mass is 16.5. The lowest BCUT2D eigenvalue weighted by atomic mass is 10.2. The first-order valence-corrected chi connectivity index (χ1v) is 8.21. The van der Waals surface area contributed by atoms with Crippen molar-refractivity contribution in [3.05, 3.63) is 64.7 Å². The number of carbonyl (C=O) groups is 1. The summed E-state index contributed by atoms with van der Waals surface area (Å²) in [6.45, 7) is 0.468. The Kier molecular flexibility index (Phi) is 5.50. The molecule has 0 aliphatic carbocycles. The average Bonchev–Trinajstić information content (AvgIpc) is 3.23. The normalized spacial score (nSPS) is 10.4. The molecule has 27 heavy (non-hydrogen) atoms. The first-order chi connectivity index (χ1) is 13.1. The number of carbonyl (C=O) groups excluding carboxylic acids is 1. The van der Waals surface area contributed by atoms with Crippen LogP contribution in [0.4, 0.5) is 0 Å². The Bertz CT molecular complexity index is 982. The van der Waals surface area contributed by atoms with Gasteiger partial charge in [0.05, 0.1) is 20.8 Å². The molecule has 0 saturated heterocycles. The Hall–Kier alpha value is -3.62. The van der Waals surface area contributed by atoms with E-state index in [-0.39, 0.29) is 24.6 Å². The predicted molar refractivity (Wildman–Crippen MR) is 97.5 cm³/mol. The number of hydrogen-bond donors (Lipinski definition) is 1. The van der Waals surface area contributed by atoms with Crippen LogP contribution >= 0.6 is 0 Å². The molecule has 1 aromatic carbocycles. The molecule has 0 bridgehead atoms. The Balaban J connectivity index is 1.65. The molecule has 140 valence electrons. The first kappa shape index (κ1) is 18.2. The summed E-state index contributed by atoms with van der Waals surface area (Å²) in [5, 5.41) is 11.1. The lowest BCUT2D eigenvalue weighted by Gasteiger charge is -2.11. The number of aromatic nitrogens is 4. The van der Waals surface area contributed by atoms with Crippen molar-refractivity contribution in [2.24, 2.45) is 0 Å². The number of hydrogen-bond acceptors (Lipinski definition) is 6. The fourth-order valence-electron chi connectivity index (χ4n) is 2.48. The van der Waals surface area contributed by atoms with Crippen molar-refractivity contribution in [3.63, 3.8) is 0 Å². The molecular formula is C18H19N5O4. The van der Waals surface area contributed by atoms with Gasteiger partial charge in [-0.2, -0.15) is 5.10 Å². The van der Waals surface area contributed by atoms with Crippen LogP contribution in [0.25, 0.3) is 5.82 Å². The molecule has 0 unspecified atom stereocenters. The zero-order valence-corrected chi connectivity index (χ0v) is 15.0. The summed E-state index contributed by atoms with van der Waals surface area (Å²) in [5.41, 5.74) is 0.171. The van der Waals surface area contributed by atoms with Crippen molar-refractivity contribution in [3.8, 4) is 17.3 Å². The highest BCUT2D eigenvalue weighted by Gasteiger charge is 2.11. The second-order valence-corrected chi connectivity index (χ2v) is 5.53. The number of amides is 1. The van der Waals surface area contributed by atoms with E-state index in [1.807, 2.05) is 0 Å². The lowest BCUT2D eigenvalue weighted by molar-refractivity contribution is 0.0951. The Morgan fingerprint density at radius 2 is 1.96 bits per heavy atom. The second-order valence-electron chi connectivity index (χ2n) is 5.53. The summed E-state index contributed by atoms with van der Waals surface area (Å²) in [4.78, 5) is 24.3. The van der Waals surface area contributed by atoms with Crippen LogP contribution in [0.1, 0.15) is 10.4 Å². The van der Waals surface area contributed by atoms with Gasteiger partial charge in [0.25, 0.3) is 11.5 Å². The van der Waals surface area contributed by atoms with Crippen LogP contribution in [0.3, 0.4) is 0 Å². The topological polar surface area (TPSA) is 100 Å². The van der Waals surface area contributed by atoms with E-state index in [2.05, 4.69) is 15.5 Å². The SMILES string of the molecule is COc1ccc(C(=O)NCCn2nc(-n3cccn3)ccc2=O)cc1OC. The van der Waals surface area contributed by atoms with Gasteiger partial charge in [-0.3, -0.25) is 9.59 Å². The number of rotatable bonds is 7. The molecule has 1 N–H and O–H groups in total. The smallest absolute Gasteiger partial charge is 0.266 e. The van der Waals surface area contributed by atoms with E-state index in [4.69, 9.17) is 9.47 Å². The van der Waals surface area contributed by atoms with E-state index in [1.165, 1.54) is 25.0 Å². The number of nitrogens with one attached hydrogen (secondary N) is 1. The molecule has 0 aliphatic rings. The highest BCUT2D eigenvalue weighted by Crippen LogP contribution is 2.27. The summed E-state index contributed by atoms with van der Waals surface area (Å²) in [5.74, 6) is 1.24. The van der Waals surface area contributed by atoms with Gasteiger partial charge in [0.2, 0.25) is 0 Å². The molecule has 0 radical (unpaired) electrons. The number of nitrogens with zero attached hydrogens (tertiary/aromatic N) is 4. The van der Waals surface area contributed by atoms with Gasteiger partial charge in [-0.05, 0) is 30.3 Å². The van der Waals surface area contributed by atoms with E-state index >= 15 is 0 Å². The van der Waals surface area contributed by atoms with Crippen LogP contribution in [0.5, 0.6) is 11.5 Å².